The number of anilines is 2. The second-order valence-electron chi connectivity index (χ2n) is 7.41. The monoisotopic (exact) mass is 374 g/mol. The Hall–Kier alpha value is -3.13. The SMILES string of the molecule is CC(=O)N=C1N(c2c(C)cccc2C)CC(CC#N)N1c1c(C)cccc1C. The van der Waals surface area contributed by atoms with E-state index in [4.69, 9.17) is 0 Å². The minimum Gasteiger partial charge on any atom is -0.309 e. The molecule has 3 rings (SSSR count). The largest absolute Gasteiger partial charge is 0.309 e. The summed E-state index contributed by atoms with van der Waals surface area (Å²) in [5, 5.41) is 9.46. The zero-order chi connectivity index (χ0) is 20.4. The molecular weight excluding hydrogens is 348 g/mol. The van der Waals surface area contributed by atoms with Gasteiger partial charge < -0.3 is 9.80 Å². The van der Waals surface area contributed by atoms with Crippen LogP contribution in [-0.4, -0.2) is 24.5 Å². The van der Waals surface area contributed by atoms with Crippen molar-refractivity contribution < 1.29 is 4.79 Å². The summed E-state index contributed by atoms with van der Waals surface area (Å²) in [6.45, 7) is 10.3. The second-order valence-corrected chi connectivity index (χ2v) is 7.41. The van der Waals surface area contributed by atoms with Crippen LogP contribution in [0.25, 0.3) is 0 Å². The third-order valence-electron chi connectivity index (χ3n) is 5.19. The predicted octanol–water partition coefficient (Wildman–Crippen LogP) is 4.43. The van der Waals surface area contributed by atoms with Gasteiger partial charge in [0.05, 0.1) is 24.2 Å². The first-order chi connectivity index (χ1) is 13.3. The lowest BCUT2D eigenvalue weighted by Crippen LogP contribution is -2.38. The number of nitriles is 1. The average Bonchev–Trinajstić information content (AvgIpc) is 2.93. The number of carbonyl (C=O) groups is 1. The molecule has 0 radical (unpaired) electrons. The van der Waals surface area contributed by atoms with Gasteiger partial charge in [0.1, 0.15) is 0 Å². The minimum atomic E-state index is -0.250. The van der Waals surface area contributed by atoms with E-state index in [1.165, 1.54) is 6.92 Å². The molecule has 0 bridgehead atoms. The number of aryl methyl sites for hydroxylation is 4. The van der Waals surface area contributed by atoms with Gasteiger partial charge in [0.25, 0.3) is 0 Å². The standard InChI is InChI=1S/C23H26N4O/c1-15-8-6-9-16(2)21(15)26-14-20(12-13-24)27(23(26)25-19(5)28)22-17(3)10-7-11-18(22)4/h6-11,20H,12,14H2,1-5H3. The second kappa shape index (κ2) is 7.85. The Labute approximate surface area is 166 Å². The van der Waals surface area contributed by atoms with Crippen molar-refractivity contribution in [1.29, 1.82) is 5.26 Å². The highest BCUT2D eigenvalue weighted by Crippen LogP contribution is 2.36. The number of amides is 1. The van der Waals surface area contributed by atoms with Gasteiger partial charge in [-0.25, -0.2) is 0 Å². The van der Waals surface area contributed by atoms with Gasteiger partial charge in [-0.15, -0.1) is 0 Å². The molecule has 1 fully saturated rings. The lowest BCUT2D eigenvalue weighted by molar-refractivity contribution is -0.115. The van der Waals surface area contributed by atoms with Crippen LogP contribution in [0.2, 0.25) is 0 Å². The first kappa shape index (κ1) is 19.6. The van der Waals surface area contributed by atoms with E-state index < -0.39 is 0 Å². The highest BCUT2D eigenvalue weighted by molar-refractivity contribution is 6.14. The average molecular weight is 374 g/mol. The molecule has 0 spiro atoms. The number of benzene rings is 2. The number of carbonyl (C=O) groups excluding carboxylic acids is 1. The predicted molar refractivity (Wildman–Crippen MR) is 114 cm³/mol. The van der Waals surface area contributed by atoms with Gasteiger partial charge in [-0.2, -0.15) is 10.3 Å². The summed E-state index contributed by atoms with van der Waals surface area (Å²) < 4.78 is 0. The van der Waals surface area contributed by atoms with E-state index in [2.05, 4.69) is 72.8 Å². The van der Waals surface area contributed by atoms with Crippen LogP contribution in [0, 0.1) is 39.0 Å². The molecule has 1 heterocycles. The Morgan fingerprint density at radius 3 is 2.00 bits per heavy atom. The number of guanidine groups is 1. The first-order valence-corrected chi connectivity index (χ1v) is 9.50. The topological polar surface area (TPSA) is 59.7 Å². The maximum absolute atomic E-state index is 12.1. The zero-order valence-corrected chi connectivity index (χ0v) is 17.2. The molecule has 5 nitrogen and oxygen atoms in total. The number of hydrogen-bond donors (Lipinski definition) is 0. The Bertz CT molecular complexity index is 946. The maximum atomic E-state index is 12.1. The van der Waals surface area contributed by atoms with Crippen molar-refractivity contribution in [2.75, 3.05) is 16.3 Å². The molecule has 0 aliphatic carbocycles. The van der Waals surface area contributed by atoms with Crippen LogP contribution in [-0.2, 0) is 4.79 Å². The van der Waals surface area contributed by atoms with Crippen LogP contribution in [0.15, 0.2) is 41.4 Å². The van der Waals surface area contributed by atoms with E-state index in [1.807, 2.05) is 12.1 Å². The van der Waals surface area contributed by atoms with Gasteiger partial charge in [0.15, 0.2) is 0 Å². The normalized spacial score (nSPS) is 17.9. The minimum absolute atomic E-state index is 0.0816. The molecule has 0 N–H and O–H groups in total. The maximum Gasteiger partial charge on any atom is 0.245 e. The summed E-state index contributed by atoms with van der Waals surface area (Å²) in [4.78, 5) is 20.6. The lowest BCUT2D eigenvalue weighted by atomic mass is 10.1. The summed E-state index contributed by atoms with van der Waals surface area (Å²) in [6, 6.07) is 14.5. The van der Waals surface area contributed by atoms with Gasteiger partial charge in [0, 0.05) is 19.2 Å². The van der Waals surface area contributed by atoms with Crippen LogP contribution < -0.4 is 9.80 Å². The van der Waals surface area contributed by atoms with Crippen LogP contribution in [0.4, 0.5) is 11.4 Å². The summed E-state index contributed by atoms with van der Waals surface area (Å²) in [7, 11) is 0. The zero-order valence-electron chi connectivity index (χ0n) is 17.2. The van der Waals surface area contributed by atoms with E-state index in [-0.39, 0.29) is 11.9 Å². The molecule has 2 aromatic carbocycles. The van der Waals surface area contributed by atoms with E-state index in [1.54, 1.807) is 0 Å². The van der Waals surface area contributed by atoms with Gasteiger partial charge in [-0.3, -0.25) is 4.79 Å². The molecule has 1 aliphatic heterocycles. The number of aliphatic imine (C=N–C) groups is 1. The van der Waals surface area contributed by atoms with Crippen molar-refractivity contribution in [1.82, 2.24) is 0 Å². The van der Waals surface area contributed by atoms with Crippen molar-refractivity contribution in [3.63, 3.8) is 0 Å². The smallest absolute Gasteiger partial charge is 0.245 e. The molecule has 1 aliphatic rings. The van der Waals surface area contributed by atoms with E-state index >= 15 is 0 Å². The summed E-state index contributed by atoms with van der Waals surface area (Å²) >= 11 is 0. The highest BCUT2D eigenvalue weighted by Gasteiger charge is 2.39. The summed E-state index contributed by atoms with van der Waals surface area (Å²) in [5.74, 6) is 0.350. The molecule has 144 valence electrons. The van der Waals surface area contributed by atoms with Gasteiger partial charge in [-0.1, -0.05) is 36.4 Å². The number of nitrogens with zero attached hydrogens (tertiary/aromatic N) is 4. The fourth-order valence-corrected chi connectivity index (χ4v) is 4.07. The summed E-state index contributed by atoms with van der Waals surface area (Å²) in [5.41, 5.74) is 6.52. The van der Waals surface area contributed by atoms with Crippen molar-refractivity contribution in [2.24, 2.45) is 4.99 Å². The molecule has 5 heteroatoms. The van der Waals surface area contributed by atoms with Crippen molar-refractivity contribution in [2.45, 2.75) is 47.1 Å². The molecule has 1 saturated heterocycles. The Morgan fingerprint density at radius 1 is 1.04 bits per heavy atom. The molecule has 0 aromatic heterocycles. The Balaban J connectivity index is 2.25. The van der Waals surface area contributed by atoms with Gasteiger partial charge in [0.2, 0.25) is 11.9 Å². The van der Waals surface area contributed by atoms with Crippen molar-refractivity contribution in [3.8, 4) is 6.07 Å². The quantitative estimate of drug-likeness (QED) is 0.797. The van der Waals surface area contributed by atoms with Crippen molar-refractivity contribution in [3.05, 3.63) is 58.7 Å². The third kappa shape index (κ3) is 3.50. The third-order valence-corrected chi connectivity index (χ3v) is 5.19. The Kier molecular flexibility index (Phi) is 5.51. The molecule has 2 aromatic rings. The van der Waals surface area contributed by atoms with Crippen LogP contribution in [0.5, 0.6) is 0 Å². The fraction of sp³-hybridized carbons (Fsp3) is 0.348. The molecule has 28 heavy (non-hydrogen) atoms. The molecule has 1 atom stereocenters. The van der Waals surface area contributed by atoms with E-state index in [0.717, 1.165) is 33.6 Å². The van der Waals surface area contributed by atoms with Crippen LogP contribution >= 0.6 is 0 Å². The van der Waals surface area contributed by atoms with Crippen molar-refractivity contribution >= 4 is 23.2 Å². The fourth-order valence-electron chi connectivity index (χ4n) is 4.07. The van der Waals surface area contributed by atoms with Gasteiger partial charge in [-0.05, 0) is 49.9 Å². The summed E-state index contributed by atoms with van der Waals surface area (Å²) in [6.07, 6.45) is 0.353. The first-order valence-electron chi connectivity index (χ1n) is 9.50. The van der Waals surface area contributed by atoms with Crippen LogP contribution in [0.3, 0.4) is 0 Å². The number of rotatable bonds is 3. The van der Waals surface area contributed by atoms with E-state index in [0.29, 0.717) is 18.9 Å². The molecule has 0 saturated carbocycles. The molecular formula is C23H26N4O. The lowest BCUT2D eigenvalue weighted by Gasteiger charge is -2.29. The number of hydrogen-bond acceptors (Lipinski definition) is 2. The van der Waals surface area contributed by atoms with E-state index in [9.17, 15) is 10.1 Å². The Morgan fingerprint density at radius 2 is 1.54 bits per heavy atom. The highest BCUT2D eigenvalue weighted by atomic mass is 16.1. The molecule has 1 amide bonds. The number of para-hydroxylation sites is 2. The molecule has 1 unspecified atom stereocenters. The van der Waals surface area contributed by atoms with Crippen LogP contribution in [0.1, 0.15) is 35.6 Å². The van der Waals surface area contributed by atoms with Gasteiger partial charge >= 0.3 is 0 Å².